The highest BCUT2D eigenvalue weighted by atomic mass is 16.7. The molecule has 17 heavy (non-hydrogen) atoms. The summed E-state index contributed by atoms with van der Waals surface area (Å²) >= 11 is 0. The van der Waals surface area contributed by atoms with E-state index in [9.17, 15) is 4.79 Å². The molecule has 0 aromatic heterocycles. The summed E-state index contributed by atoms with van der Waals surface area (Å²) in [6.45, 7) is 3.03. The molecular weight excluding hydrogens is 218 g/mol. The summed E-state index contributed by atoms with van der Waals surface area (Å²) in [5.41, 5.74) is 0.552. The number of hydrogen-bond acceptors (Lipinski definition) is 3. The molecule has 0 bridgehead atoms. The Balaban J connectivity index is 1.97. The molecule has 0 radical (unpaired) electrons. The second kappa shape index (κ2) is 5.57. The number of amides is 1. The van der Waals surface area contributed by atoms with E-state index in [1.54, 1.807) is 18.2 Å². The maximum absolute atomic E-state index is 11.9. The summed E-state index contributed by atoms with van der Waals surface area (Å²) in [5, 5.41) is 2.89. The first-order valence-electron chi connectivity index (χ1n) is 5.99. The molecule has 1 N–H and O–H groups in total. The van der Waals surface area contributed by atoms with E-state index < -0.39 is 0 Å². The van der Waals surface area contributed by atoms with E-state index in [0.717, 1.165) is 19.3 Å². The Labute approximate surface area is 101 Å². The van der Waals surface area contributed by atoms with Crippen LogP contribution in [0.5, 0.6) is 11.5 Å². The van der Waals surface area contributed by atoms with Crippen molar-refractivity contribution in [2.75, 3.05) is 13.3 Å². The molecule has 2 rings (SSSR count). The molecule has 1 heterocycles. The number of ether oxygens (including phenoxy) is 2. The number of carbonyl (C=O) groups is 1. The first-order chi connectivity index (χ1) is 8.33. The molecule has 0 saturated carbocycles. The summed E-state index contributed by atoms with van der Waals surface area (Å²) < 4.78 is 10.5. The average Bonchev–Trinajstić information content (AvgIpc) is 2.82. The molecule has 0 fully saturated rings. The van der Waals surface area contributed by atoms with Crippen molar-refractivity contribution in [3.05, 3.63) is 23.8 Å². The van der Waals surface area contributed by atoms with Crippen LogP contribution in [-0.4, -0.2) is 19.2 Å². The lowest BCUT2D eigenvalue weighted by Gasteiger charge is -2.07. The summed E-state index contributed by atoms with van der Waals surface area (Å²) in [5.74, 6) is 1.11. The zero-order valence-electron chi connectivity index (χ0n) is 9.99. The van der Waals surface area contributed by atoms with E-state index in [2.05, 4.69) is 12.2 Å². The summed E-state index contributed by atoms with van der Waals surface area (Å²) in [6.07, 6.45) is 3.29. The van der Waals surface area contributed by atoms with Crippen molar-refractivity contribution in [2.45, 2.75) is 26.2 Å². The van der Waals surface area contributed by atoms with Crippen molar-refractivity contribution in [2.24, 2.45) is 0 Å². The SMILES string of the molecule is CCCCCNC(=O)c1cccc2c1OCO2. The van der Waals surface area contributed by atoms with Gasteiger partial charge in [-0.05, 0) is 18.6 Å². The summed E-state index contributed by atoms with van der Waals surface area (Å²) in [6, 6.07) is 5.35. The fourth-order valence-corrected chi connectivity index (χ4v) is 1.78. The predicted octanol–water partition coefficient (Wildman–Crippen LogP) is 2.34. The smallest absolute Gasteiger partial charge is 0.255 e. The van der Waals surface area contributed by atoms with Crippen LogP contribution in [0, 0.1) is 0 Å². The molecule has 1 aliphatic heterocycles. The maximum Gasteiger partial charge on any atom is 0.255 e. The average molecular weight is 235 g/mol. The number of benzene rings is 1. The van der Waals surface area contributed by atoms with Gasteiger partial charge in [-0.3, -0.25) is 4.79 Å². The molecular formula is C13H17NO3. The zero-order valence-corrected chi connectivity index (χ0v) is 9.99. The number of rotatable bonds is 5. The van der Waals surface area contributed by atoms with Gasteiger partial charge in [-0.15, -0.1) is 0 Å². The highest BCUT2D eigenvalue weighted by Crippen LogP contribution is 2.35. The topological polar surface area (TPSA) is 47.6 Å². The Kier molecular flexibility index (Phi) is 3.85. The Morgan fingerprint density at radius 1 is 1.35 bits per heavy atom. The fraction of sp³-hybridized carbons (Fsp3) is 0.462. The van der Waals surface area contributed by atoms with Crippen molar-refractivity contribution in [1.29, 1.82) is 0 Å². The normalized spacial score (nSPS) is 12.5. The number of carbonyl (C=O) groups excluding carboxylic acids is 1. The van der Waals surface area contributed by atoms with Crippen molar-refractivity contribution >= 4 is 5.91 Å². The second-order valence-electron chi connectivity index (χ2n) is 4.00. The third kappa shape index (κ3) is 2.70. The second-order valence-corrected chi connectivity index (χ2v) is 4.00. The van der Waals surface area contributed by atoms with Crippen LogP contribution in [0.15, 0.2) is 18.2 Å². The lowest BCUT2D eigenvalue weighted by atomic mass is 10.1. The van der Waals surface area contributed by atoms with Gasteiger partial charge in [0.05, 0.1) is 5.56 Å². The summed E-state index contributed by atoms with van der Waals surface area (Å²) in [7, 11) is 0. The van der Waals surface area contributed by atoms with E-state index in [1.807, 2.05) is 0 Å². The molecule has 92 valence electrons. The molecule has 1 aromatic rings. The van der Waals surface area contributed by atoms with Gasteiger partial charge < -0.3 is 14.8 Å². The Bertz CT molecular complexity index is 404. The van der Waals surface area contributed by atoms with Gasteiger partial charge in [-0.1, -0.05) is 25.8 Å². The van der Waals surface area contributed by atoms with Crippen LogP contribution in [0.3, 0.4) is 0 Å². The molecule has 1 amide bonds. The van der Waals surface area contributed by atoms with Crippen LogP contribution < -0.4 is 14.8 Å². The van der Waals surface area contributed by atoms with Crippen molar-refractivity contribution in [3.63, 3.8) is 0 Å². The van der Waals surface area contributed by atoms with Crippen molar-refractivity contribution in [3.8, 4) is 11.5 Å². The Hall–Kier alpha value is -1.71. The quantitative estimate of drug-likeness (QED) is 0.797. The minimum absolute atomic E-state index is 0.0940. The largest absolute Gasteiger partial charge is 0.454 e. The lowest BCUT2D eigenvalue weighted by molar-refractivity contribution is 0.0948. The molecule has 1 aromatic carbocycles. The van der Waals surface area contributed by atoms with E-state index in [-0.39, 0.29) is 12.7 Å². The molecule has 4 nitrogen and oxygen atoms in total. The minimum atomic E-state index is -0.0940. The van der Waals surface area contributed by atoms with Gasteiger partial charge in [0.25, 0.3) is 5.91 Å². The number of unbranched alkanes of at least 4 members (excludes halogenated alkanes) is 2. The molecule has 1 aliphatic rings. The van der Waals surface area contributed by atoms with Gasteiger partial charge in [0.1, 0.15) is 0 Å². The van der Waals surface area contributed by atoms with Gasteiger partial charge in [-0.2, -0.15) is 0 Å². The highest BCUT2D eigenvalue weighted by Gasteiger charge is 2.21. The van der Waals surface area contributed by atoms with Gasteiger partial charge in [0.2, 0.25) is 6.79 Å². The maximum atomic E-state index is 11.9. The van der Waals surface area contributed by atoms with Crippen LogP contribution in [-0.2, 0) is 0 Å². The molecule has 4 heteroatoms. The standard InChI is InChI=1S/C13H17NO3/c1-2-3-4-8-14-13(15)10-6-5-7-11-12(10)17-9-16-11/h5-7H,2-4,8-9H2,1H3,(H,14,15). The van der Waals surface area contributed by atoms with Gasteiger partial charge in [-0.25, -0.2) is 0 Å². The van der Waals surface area contributed by atoms with Gasteiger partial charge >= 0.3 is 0 Å². The third-order valence-corrected chi connectivity index (χ3v) is 2.71. The fourth-order valence-electron chi connectivity index (χ4n) is 1.78. The zero-order chi connectivity index (χ0) is 12.1. The van der Waals surface area contributed by atoms with Crippen LogP contribution in [0.25, 0.3) is 0 Å². The molecule has 0 aliphatic carbocycles. The van der Waals surface area contributed by atoms with Crippen LogP contribution >= 0.6 is 0 Å². The van der Waals surface area contributed by atoms with Crippen molar-refractivity contribution in [1.82, 2.24) is 5.32 Å². The number of para-hydroxylation sites is 1. The first-order valence-corrected chi connectivity index (χ1v) is 5.99. The first kappa shape index (κ1) is 11.8. The lowest BCUT2D eigenvalue weighted by Crippen LogP contribution is -2.24. The Morgan fingerprint density at radius 2 is 2.24 bits per heavy atom. The van der Waals surface area contributed by atoms with Crippen LogP contribution in [0.4, 0.5) is 0 Å². The Morgan fingerprint density at radius 3 is 3.06 bits per heavy atom. The number of fused-ring (bicyclic) bond motifs is 1. The monoisotopic (exact) mass is 235 g/mol. The van der Waals surface area contributed by atoms with Gasteiger partial charge in [0.15, 0.2) is 11.5 Å². The van der Waals surface area contributed by atoms with Crippen LogP contribution in [0.1, 0.15) is 36.5 Å². The highest BCUT2D eigenvalue weighted by molar-refractivity contribution is 5.97. The minimum Gasteiger partial charge on any atom is -0.454 e. The van der Waals surface area contributed by atoms with E-state index in [4.69, 9.17) is 9.47 Å². The number of nitrogens with one attached hydrogen (secondary N) is 1. The molecule has 0 spiro atoms. The third-order valence-electron chi connectivity index (χ3n) is 2.71. The van der Waals surface area contributed by atoms with E-state index in [0.29, 0.717) is 23.6 Å². The van der Waals surface area contributed by atoms with E-state index >= 15 is 0 Å². The molecule has 0 unspecified atom stereocenters. The summed E-state index contributed by atoms with van der Waals surface area (Å²) in [4.78, 5) is 11.9. The molecule has 0 saturated heterocycles. The predicted molar refractivity (Wildman–Crippen MR) is 64.4 cm³/mol. The molecule has 0 atom stereocenters. The van der Waals surface area contributed by atoms with Gasteiger partial charge in [0, 0.05) is 6.54 Å². The van der Waals surface area contributed by atoms with E-state index in [1.165, 1.54) is 0 Å². The number of hydrogen-bond donors (Lipinski definition) is 1. The van der Waals surface area contributed by atoms with Crippen molar-refractivity contribution < 1.29 is 14.3 Å². The van der Waals surface area contributed by atoms with Crippen LogP contribution in [0.2, 0.25) is 0 Å².